The summed E-state index contributed by atoms with van der Waals surface area (Å²) in [6.45, 7) is 4.45. The molecule has 23 heavy (non-hydrogen) atoms. The van der Waals surface area contributed by atoms with E-state index in [2.05, 4.69) is 15.1 Å². The summed E-state index contributed by atoms with van der Waals surface area (Å²) in [4.78, 5) is 23.1. The molecule has 0 N–H and O–H groups in total. The van der Waals surface area contributed by atoms with Crippen molar-refractivity contribution < 1.29 is 9.53 Å². The number of nitrogens with zero attached hydrogens (tertiary/aromatic N) is 5. The number of carbonyl (C=O) groups is 1. The zero-order valence-corrected chi connectivity index (χ0v) is 13.9. The second-order valence-electron chi connectivity index (χ2n) is 5.78. The molecule has 0 spiro atoms. The predicted octanol–water partition coefficient (Wildman–Crippen LogP) is 1.81. The lowest BCUT2D eigenvalue weighted by Crippen LogP contribution is -2.31. The predicted molar refractivity (Wildman–Crippen MR) is 84.3 cm³/mol. The molecule has 0 saturated carbocycles. The number of likely N-dealkylation sites (tertiary alicyclic amines) is 1. The summed E-state index contributed by atoms with van der Waals surface area (Å²) in [5, 5.41) is 4.44. The van der Waals surface area contributed by atoms with E-state index in [0.717, 1.165) is 24.1 Å². The van der Waals surface area contributed by atoms with E-state index in [9.17, 15) is 4.79 Å². The summed E-state index contributed by atoms with van der Waals surface area (Å²) in [7, 11) is 3.49. The van der Waals surface area contributed by atoms with Gasteiger partial charge in [0.15, 0.2) is 0 Å². The van der Waals surface area contributed by atoms with Gasteiger partial charge in [-0.2, -0.15) is 5.10 Å². The van der Waals surface area contributed by atoms with Crippen LogP contribution in [0, 0.1) is 13.8 Å². The Morgan fingerprint density at radius 1 is 1.39 bits per heavy atom. The lowest BCUT2D eigenvalue weighted by Gasteiger charge is -2.25. The van der Waals surface area contributed by atoms with E-state index in [0.29, 0.717) is 23.9 Å². The van der Waals surface area contributed by atoms with Gasteiger partial charge < -0.3 is 9.64 Å². The first-order valence-corrected chi connectivity index (χ1v) is 7.71. The van der Waals surface area contributed by atoms with Crippen molar-refractivity contribution in [3.63, 3.8) is 0 Å². The van der Waals surface area contributed by atoms with Crippen molar-refractivity contribution >= 4 is 5.91 Å². The first-order chi connectivity index (χ1) is 11.0. The van der Waals surface area contributed by atoms with E-state index >= 15 is 0 Å². The van der Waals surface area contributed by atoms with Crippen molar-refractivity contribution in [2.24, 2.45) is 7.05 Å². The number of carbonyl (C=O) groups excluding carboxylic acids is 1. The van der Waals surface area contributed by atoms with Crippen LogP contribution in [0.15, 0.2) is 12.3 Å². The Morgan fingerprint density at radius 2 is 2.17 bits per heavy atom. The second-order valence-corrected chi connectivity index (χ2v) is 5.78. The van der Waals surface area contributed by atoms with Crippen LogP contribution in [0.2, 0.25) is 0 Å². The number of hydrogen-bond acceptors (Lipinski definition) is 5. The van der Waals surface area contributed by atoms with Gasteiger partial charge in [0.2, 0.25) is 5.88 Å². The molecule has 2 aromatic heterocycles. The molecular weight excluding hydrogens is 294 g/mol. The molecule has 0 aliphatic carbocycles. The lowest BCUT2D eigenvalue weighted by atomic mass is 10.0. The Kier molecular flexibility index (Phi) is 4.02. The molecule has 2 aromatic rings. The maximum absolute atomic E-state index is 12.9. The SMILES string of the molecule is COc1c(C2CCCN2C(=O)c2ccnc(C)n2)c(C)nn1C. The van der Waals surface area contributed by atoms with E-state index in [-0.39, 0.29) is 11.9 Å². The van der Waals surface area contributed by atoms with Crippen LogP contribution in [-0.2, 0) is 7.05 Å². The van der Waals surface area contributed by atoms with Crippen molar-refractivity contribution in [3.05, 3.63) is 35.0 Å². The summed E-state index contributed by atoms with van der Waals surface area (Å²) < 4.78 is 7.22. The molecule has 0 aromatic carbocycles. The number of aromatic nitrogens is 4. The highest BCUT2D eigenvalue weighted by atomic mass is 16.5. The number of rotatable bonds is 3. The molecule has 1 atom stereocenters. The van der Waals surface area contributed by atoms with Gasteiger partial charge in [-0.25, -0.2) is 14.6 Å². The highest BCUT2D eigenvalue weighted by molar-refractivity contribution is 5.92. The maximum atomic E-state index is 12.9. The minimum atomic E-state index is -0.0664. The molecule has 1 saturated heterocycles. The smallest absolute Gasteiger partial charge is 0.273 e. The Hall–Kier alpha value is -2.44. The van der Waals surface area contributed by atoms with Gasteiger partial charge in [0.05, 0.1) is 24.4 Å². The molecule has 1 aliphatic heterocycles. The highest BCUT2D eigenvalue weighted by Crippen LogP contribution is 2.39. The van der Waals surface area contributed by atoms with Crippen LogP contribution in [0.4, 0.5) is 0 Å². The Morgan fingerprint density at radius 3 is 2.87 bits per heavy atom. The Balaban J connectivity index is 1.96. The number of methoxy groups -OCH3 is 1. The van der Waals surface area contributed by atoms with Crippen molar-refractivity contribution in [1.82, 2.24) is 24.6 Å². The Labute approximate surface area is 135 Å². The van der Waals surface area contributed by atoms with Crippen LogP contribution in [0.25, 0.3) is 0 Å². The minimum Gasteiger partial charge on any atom is -0.481 e. The summed E-state index contributed by atoms with van der Waals surface area (Å²) in [5.74, 6) is 1.25. The molecule has 0 radical (unpaired) electrons. The summed E-state index contributed by atoms with van der Waals surface area (Å²) >= 11 is 0. The van der Waals surface area contributed by atoms with Crippen molar-refractivity contribution in [3.8, 4) is 5.88 Å². The molecule has 0 bridgehead atoms. The van der Waals surface area contributed by atoms with Crippen molar-refractivity contribution in [1.29, 1.82) is 0 Å². The molecule has 3 heterocycles. The molecule has 1 aliphatic rings. The van der Waals surface area contributed by atoms with Crippen molar-refractivity contribution in [2.45, 2.75) is 32.7 Å². The van der Waals surface area contributed by atoms with Gasteiger partial charge >= 0.3 is 0 Å². The van der Waals surface area contributed by atoms with Crippen LogP contribution in [-0.4, -0.2) is 44.2 Å². The van der Waals surface area contributed by atoms with Crippen LogP contribution < -0.4 is 4.74 Å². The Bertz CT molecular complexity index is 740. The quantitative estimate of drug-likeness (QED) is 0.863. The highest BCUT2D eigenvalue weighted by Gasteiger charge is 2.35. The fourth-order valence-corrected chi connectivity index (χ4v) is 3.31. The zero-order chi connectivity index (χ0) is 16.6. The standard InChI is InChI=1S/C16H21N5O2/c1-10-14(16(23-4)20(3)19-10)13-6-5-9-21(13)15(22)12-7-8-17-11(2)18-12/h7-8,13H,5-6,9H2,1-4H3. The molecule has 3 rings (SSSR count). The van der Waals surface area contributed by atoms with Crippen LogP contribution in [0.1, 0.15) is 46.5 Å². The zero-order valence-electron chi connectivity index (χ0n) is 13.9. The van der Waals surface area contributed by atoms with Crippen LogP contribution in [0.5, 0.6) is 5.88 Å². The van der Waals surface area contributed by atoms with E-state index in [1.165, 1.54) is 0 Å². The van der Waals surface area contributed by atoms with Gasteiger partial charge in [-0.3, -0.25) is 4.79 Å². The topological polar surface area (TPSA) is 73.1 Å². The van der Waals surface area contributed by atoms with Crippen molar-refractivity contribution in [2.75, 3.05) is 13.7 Å². The number of aryl methyl sites for hydroxylation is 3. The molecule has 1 fully saturated rings. The van der Waals surface area contributed by atoms with Gasteiger partial charge in [-0.05, 0) is 32.8 Å². The first kappa shape index (κ1) is 15.5. The second kappa shape index (κ2) is 5.98. The van der Waals surface area contributed by atoms with E-state index < -0.39 is 0 Å². The van der Waals surface area contributed by atoms with Gasteiger partial charge in [0.25, 0.3) is 5.91 Å². The maximum Gasteiger partial charge on any atom is 0.273 e. The van der Waals surface area contributed by atoms with Crippen LogP contribution >= 0.6 is 0 Å². The van der Waals surface area contributed by atoms with Crippen LogP contribution in [0.3, 0.4) is 0 Å². The first-order valence-electron chi connectivity index (χ1n) is 7.71. The van der Waals surface area contributed by atoms with E-state index in [1.807, 2.05) is 18.9 Å². The molecule has 7 nitrogen and oxygen atoms in total. The lowest BCUT2D eigenvalue weighted by molar-refractivity contribution is 0.0727. The largest absolute Gasteiger partial charge is 0.481 e. The molecular formula is C16H21N5O2. The number of hydrogen-bond donors (Lipinski definition) is 0. The molecule has 122 valence electrons. The molecule has 1 unspecified atom stereocenters. The minimum absolute atomic E-state index is 0.0265. The monoisotopic (exact) mass is 315 g/mol. The average Bonchev–Trinajstić information content (AvgIpc) is 3.09. The third-order valence-corrected chi connectivity index (χ3v) is 4.25. The fraction of sp³-hybridized carbons (Fsp3) is 0.500. The third kappa shape index (κ3) is 2.67. The molecule has 7 heteroatoms. The summed E-state index contributed by atoms with van der Waals surface area (Å²) in [5.41, 5.74) is 2.32. The normalized spacial score (nSPS) is 17.6. The van der Waals surface area contributed by atoms with Gasteiger partial charge in [-0.15, -0.1) is 0 Å². The van der Waals surface area contributed by atoms with Gasteiger partial charge in [0.1, 0.15) is 11.5 Å². The third-order valence-electron chi connectivity index (χ3n) is 4.25. The van der Waals surface area contributed by atoms with Gasteiger partial charge in [0, 0.05) is 19.8 Å². The fourth-order valence-electron chi connectivity index (χ4n) is 3.31. The number of amides is 1. The average molecular weight is 315 g/mol. The number of ether oxygens (including phenoxy) is 1. The van der Waals surface area contributed by atoms with E-state index in [1.54, 1.807) is 31.0 Å². The van der Waals surface area contributed by atoms with Gasteiger partial charge in [-0.1, -0.05) is 0 Å². The summed E-state index contributed by atoms with van der Waals surface area (Å²) in [6, 6.07) is 1.64. The summed E-state index contributed by atoms with van der Waals surface area (Å²) in [6.07, 6.45) is 3.48. The van der Waals surface area contributed by atoms with E-state index in [4.69, 9.17) is 4.74 Å². The molecule has 1 amide bonds.